The van der Waals surface area contributed by atoms with Crippen LogP contribution in [0.15, 0.2) is 35.2 Å². The van der Waals surface area contributed by atoms with E-state index in [0.717, 1.165) is 11.3 Å². The van der Waals surface area contributed by atoms with Gasteiger partial charge in [0, 0.05) is 18.0 Å². The first-order chi connectivity index (χ1) is 7.75. The van der Waals surface area contributed by atoms with Gasteiger partial charge < -0.3 is 5.32 Å². The zero-order chi connectivity index (χ0) is 11.4. The highest BCUT2D eigenvalue weighted by atomic mass is 32.1. The van der Waals surface area contributed by atoms with Crippen molar-refractivity contribution in [2.75, 3.05) is 0 Å². The summed E-state index contributed by atoms with van der Waals surface area (Å²) in [7, 11) is 0. The van der Waals surface area contributed by atoms with Crippen molar-refractivity contribution in [3.63, 3.8) is 0 Å². The van der Waals surface area contributed by atoms with Crippen LogP contribution in [-0.4, -0.2) is 4.98 Å². The molecule has 0 saturated carbocycles. The molecule has 0 aliphatic carbocycles. The highest BCUT2D eigenvalue weighted by molar-refractivity contribution is 7.07. The van der Waals surface area contributed by atoms with E-state index < -0.39 is 0 Å². The van der Waals surface area contributed by atoms with Crippen LogP contribution in [0, 0.1) is 5.82 Å². The van der Waals surface area contributed by atoms with Gasteiger partial charge in [-0.2, -0.15) is 0 Å². The minimum absolute atomic E-state index is 0.189. The molecule has 0 amide bonds. The van der Waals surface area contributed by atoms with E-state index in [1.165, 1.54) is 6.07 Å². The summed E-state index contributed by atoms with van der Waals surface area (Å²) in [6, 6.07) is 6.81. The van der Waals surface area contributed by atoms with Crippen LogP contribution in [0.4, 0.5) is 4.39 Å². The highest BCUT2D eigenvalue weighted by Gasteiger charge is 2.06. The minimum atomic E-state index is -0.194. The summed E-state index contributed by atoms with van der Waals surface area (Å²) in [5.74, 6) is -0.194. The molecule has 2 aromatic rings. The lowest BCUT2D eigenvalue weighted by Gasteiger charge is -2.11. The molecule has 4 heteroatoms. The summed E-state index contributed by atoms with van der Waals surface area (Å²) in [4.78, 5) is 4.23. The summed E-state index contributed by atoms with van der Waals surface area (Å²) in [6.45, 7) is 2.70. The van der Waals surface area contributed by atoms with Gasteiger partial charge in [-0.25, -0.2) is 9.37 Å². The Labute approximate surface area is 98.2 Å². The predicted molar refractivity (Wildman–Crippen MR) is 63.8 cm³/mol. The zero-order valence-corrected chi connectivity index (χ0v) is 9.80. The number of halogens is 1. The topological polar surface area (TPSA) is 24.9 Å². The number of hydrogen-bond donors (Lipinski definition) is 1. The first-order valence-corrected chi connectivity index (χ1v) is 6.06. The summed E-state index contributed by atoms with van der Waals surface area (Å²) in [6.07, 6.45) is 0. The second-order valence-corrected chi connectivity index (χ2v) is 4.36. The number of nitrogens with one attached hydrogen (secondary N) is 1. The molecule has 0 fully saturated rings. The van der Waals surface area contributed by atoms with Gasteiger partial charge in [0.25, 0.3) is 0 Å². The molecule has 1 aromatic heterocycles. The van der Waals surface area contributed by atoms with Crippen molar-refractivity contribution in [1.29, 1.82) is 0 Å². The molecular weight excluding hydrogens is 223 g/mol. The van der Waals surface area contributed by atoms with E-state index in [0.29, 0.717) is 6.54 Å². The molecule has 0 bridgehead atoms. The molecule has 1 aromatic carbocycles. The Balaban J connectivity index is 1.92. The van der Waals surface area contributed by atoms with Gasteiger partial charge in [0.15, 0.2) is 0 Å². The van der Waals surface area contributed by atoms with E-state index in [2.05, 4.69) is 10.3 Å². The Bertz CT molecular complexity index is 442. The fourth-order valence-electron chi connectivity index (χ4n) is 1.46. The molecule has 0 aliphatic heterocycles. The molecule has 2 rings (SSSR count). The number of thiazole rings is 1. The van der Waals surface area contributed by atoms with Crippen LogP contribution in [0.1, 0.15) is 24.2 Å². The van der Waals surface area contributed by atoms with Crippen molar-refractivity contribution in [1.82, 2.24) is 10.3 Å². The van der Waals surface area contributed by atoms with Gasteiger partial charge in [-0.1, -0.05) is 12.1 Å². The van der Waals surface area contributed by atoms with Gasteiger partial charge in [0.05, 0.1) is 11.2 Å². The standard InChI is InChI=1S/C12H13FN2S/c1-9(12-7-16-8-15-12)14-6-10-3-2-4-11(13)5-10/h2-5,7-9,14H,6H2,1H3. The van der Waals surface area contributed by atoms with Gasteiger partial charge >= 0.3 is 0 Å². The molecular formula is C12H13FN2S. The fourth-order valence-corrected chi connectivity index (χ4v) is 2.11. The molecule has 0 aliphatic rings. The molecule has 16 heavy (non-hydrogen) atoms. The van der Waals surface area contributed by atoms with Crippen LogP contribution >= 0.6 is 11.3 Å². The predicted octanol–water partition coefficient (Wildman–Crippen LogP) is 3.13. The lowest BCUT2D eigenvalue weighted by atomic mass is 10.2. The van der Waals surface area contributed by atoms with Crippen molar-refractivity contribution >= 4 is 11.3 Å². The first kappa shape index (κ1) is 11.2. The number of hydrogen-bond acceptors (Lipinski definition) is 3. The van der Waals surface area contributed by atoms with Gasteiger partial charge in [-0.05, 0) is 24.6 Å². The molecule has 1 N–H and O–H groups in total. The second kappa shape index (κ2) is 5.18. The Morgan fingerprint density at radius 1 is 1.50 bits per heavy atom. The molecule has 84 valence electrons. The second-order valence-electron chi connectivity index (χ2n) is 3.65. The lowest BCUT2D eigenvalue weighted by molar-refractivity contribution is 0.560. The van der Waals surface area contributed by atoms with E-state index in [1.807, 2.05) is 23.9 Å². The van der Waals surface area contributed by atoms with Crippen LogP contribution in [0.2, 0.25) is 0 Å². The SMILES string of the molecule is CC(NCc1cccc(F)c1)c1cscn1. The molecule has 1 heterocycles. The minimum Gasteiger partial charge on any atom is -0.305 e. The van der Waals surface area contributed by atoms with Crippen LogP contribution < -0.4 is 5.32 Å². The lowest BCUT2D eigenvalue weighted by Crippen LogP contribution is -2.18. The Morgan fingerprint density at radius 3 is 3.06 bits per heavy atom. The molecule has 2 nitrogen and oxygen atoms in total. The van der Waals surface area contributed by atoms with Crippen LogP contribution in [-0.2, 0) is 6.54 Å². The highest BCUT2D eigenvalue weighted by Crippen LogP contribution is 2.13. The summed E-state index contributed by atoms with van der Waals surface area (Å²) in [5.41, 5.74) is 3.79. The Hall–Kier alpha value is -1.26. The number of benzene rings is 1. The maximum atomic E-state index is 12.9. The third-order valence-electron chi connectivity index (χ3n) is 2.40. The van der Waals surface area contributed by atoms with Gasteiger partial charge in [-0.3, -0.25) is 0 Å². The van der Waals surface area contributed by atoms with Gasteiger partial charge in [-0.15, -0.1) is 11.3 Å². The summed E-state index contributed by atoms with van der Waals surface area (Å²) < 4.78 is 12.9. The van der Waals surface area contributed by atoms with Crippen LogP contribution in [0.3, 0.4) is 0 Å². The quantitative estimate of drug-likeness (QED) is 0.882. The summed E-state index contributed by atoms with van der Waals surface area (Å²) in [5, 5.41) is 5.32. The molecule has 0 radical (unpaired) electrons. The van der Waals surface area contributed by atoms with Gasteiger partial charge in [0.1, 0.15) is 5.82 Å². The third-order valence-corrected chi connectivity index (χ3v) is 3.00. The van der Waals surface area contributed by atoms with Crippen LogP contribution in [0.5, 0.6) is 0 Å². The number of aromatic nitrogens is 1. The molecule has 0 spiro atoms. The Kier molecular flexibility index (Phi) is 3.64. The largest absolute Gasteiger partial charge is 0.305 e. The smallest absolute Gasteiger partial charge is 0.123 e. The molecule has 0 saturated heterocycles. The number of nitrogens with zero attached hydrogens (tertiary/aromatic N) is 1. The fraction of sp³-hybridized carbons (Fsp3) is 0.250. The van der Waals surface area contributed by atoms with Crippen LogP contribution in [0.25, 0.3) is 0 Å². The van der Waals surface area contributed by atoms with E-state index in [4.69, 9.17) is 0 Å². The van der Waals surface area contributed by atoms with E-state index in [9.17, 15) is 4.39 Å². The maximum Gasteiger partial charge on any atom is 0.123 e. The normalized spacial score (nSPS) is 12.6. The van der Waals surface area contributed by atoms with Crippen molar-refractivity contribution in [2.24, 2.45) is 0 Å². The number of rotatable bonds is 4. The zero-order valence-electron chi connectivity index (χ0n) is 8.98. The first-order valence-electron chi connectivity index (χ1n) is 5.11. The van der Waals surface area contributed by atoms with E-state index in [-0.39, 0.29) is 11.9 Å². The maximum absolute atomic E-state index is 12.9. The average molecular weight is 236 g/mol. The summed E-state index contributed by atoms with van der Waals surface area (Å²) >= 11 is 1.58. The van der Waals surface area contributed by atoms with E-state index in [1.54, 1.807) is 23.5 Å². The van der Waals surface area contributed by atoms with Crippen molar-refractivity contribution in [3.05, 3.63) is 52.2 Å². The van der Waals surface area contributed by atoms with E-state index >= 15 is 0 Å². The molecule has 1 unspecified atom stereocenters. The molecule has 1 atom stereocenters. The van der Waals surface area contributed by atoms with Crippen molar-refractivity contribution in [2.45, 2.75) is 19.5 Å². The third kappa shape index (κ3) is 2.87. The van der Waals surface area contributed by atoms with Crippen molar-refractivity contribution < 1.29 is 4.39 Å². The Morgan fingerprint density at radius 2 is 2.38 bits per heavy atom. The van der Waals surface area contributed by atoms with Crippen molar-refractivity contribution in [3.8, 4) is 0 Å². The monoisotopic (exact) mass is 236 g/mol. The average Bonchev–Trinajstić information content (AvgIpc) is 2.79. The van der Waals surface area contributed by atoms with Gasteiger partial charge in [0.2, 0.25) is 0 Å².